The van der Waals surface area contributed by atoms with Gasteiger partial charge in [0, 0.05) is 19.0 Å². The van der Waals surface area contributed by atoms with Crippen molar-refractivity contribution in [2.24, 2.45) is 5.92 Å². The second-order valence-electron chi connectivity index (χ2n) is 8.81. The zero-order valence-electron chi connectivity index (χ0n) is 20.0. The number of hydrogen-bond acceptors (Lipinski definition) is 4. The Hall–Kier alpha value is -2.99. The number of benzene rings is 2. The fourth-order valence-corrected chi connectivity index (χ4v) is 3.83. The van der Waals surface area contributed by atoms with Gasteiger partial charge in [0.2, 0.25) is 5.91 Å². The Morgan fingerprint density at radius 3 is 2.25 bits per heavy atom. The number of carbonyl (C=O) groups is 1. The minimum atomic E-state index is -0.368. The number of amides is 1. The van der Waals surface area contributed by atoms with Crippen LogP contribution in [-0.4, -0.2) is 52.4 Å². The molecular formula is C26H34N4O2. The number of aromatic nitrogens is 2. The van der Waals surface area contributed by atoms with Crippen molar-refractivity contribution in [1.29, 1.82) is 0 Å². The number of para-hydroxylation sites is 1. The number of likely N-dealkylation sites (N-methyl/N-ethyl adjacent to an activating group) is 1. The summed E-state index contributed by atoms with van der Waals surface area (Å²) < 4.78 is 1.67. The first-order chi connectivity index (χ1) is 15.2. The lowest BCUT2D eigenvalue weighted by Gasteiger charge is -2.32. The first-order valence-corrected chi connectivity index (χ1v) is 11.3. The minimum Gasteiger partial charge on any atom is -0.331 e. The molecule has 0 N–H and O–H groups in total. The van der Waals surface area contributed by atoms with E-state index in [1.54, 1.807) is 10.6 Å². The van der Waals surface area contributed by atoms with Crippen molar-refractivity contribution in [3.8, 4) is 5.69 Å². The van der Waals surface area contributed by atoms with E-state index < -0.39 is 0 Å². The van der Waals surface area contributed by atoms with Crippen LogP contribution in [-0.2, 0) is 11.2 Å². The molecule has 1 unspecified atom stereocenters. The summed E-state index contributed by atoms with van der Waals surface area (Å²) in [6.07, 6.45) is 0.926. The van der Waals surface area contributed by atoms with Crippen molar-refractivity contribution in [2.75, 3.05) is 27.2 Å². The van der Waals surface area contributed by atoms with E-state index in [0.29, 0.717) is 23.3 Å². The molecule has 32 heavy (non-hydrogen) atoms. The van der Waals surface area contributed by atoms with Crippen LogP contribution in [0.4, 0.5) is 0 Å². The van der Waals surface area contributed by atoms with Gasteiger partial charge < -0.3 is 9.80 Å². The highest BCUT2D eigenvalue weighted by Gasteiger charge is 2.28. The SMILES string of the molecule is CCc1ccc(-n2c(C(C)N(CCN(C)C)C(=O)C(C)C)nc3ccccc3c2=O)cc1. The van der Waals surface area contributed by atoms with Gasteiger partial charge in [0.05, 0.1) is 22.6 Å². The third-order valence-corrected chi connectivity index (χ3v) is 5.81. The lowest BCUT2D eigenvalue weighted by Crippen LogP contribution is -2.42. The molecule has 2 aromatic carbocycles. The lowest BCUT2D eigenvalue weighted by atomic mass is 10.1. The van der Waals surface area contributed by atoms with Crippen molar-refractivity contribution in [2.45, 2.75) is 40.2 Å². The molecule has 0 aliphatic rings. The number of carbonyl (C=O) groups excluding carboxylic acids is 1. The molecule has 0 saturated heterocycles. The summed E-state index contributed by atoms with van der Waals surface area (Å²) in [5.74, 6) is 0.476. The molecule has 170 valence electrons. The van der Waals surface area contributed by atoms with E-state index in [2.05, 4.69) is 11.8 Å². The highest BCUT2D eigenvalue weighted by atomic mass is 16.2. The molecule has 6 nitrogen and oxygen atoms in total. The van der Waals surface area contributed by atoms with Gasteiger partial charge in [-0.25, -0.2) is 4.98 Å². The maximum atomic E-state index is 13.6. The van der Waals surface area contributed by atoms with Crippen LogP contribution in [0, 0.1) is 5.92 Å². The minimum absolute atomic E-state index is 0.0506. The summed E-state index contributed by atoms with van der Waals surface area (Å²) in [5.41, 5.74) is 2.49. The van der Waals surface area contributed by atoms with Gasteiger partial charge in [0.1, 0.15) is 5.82 Å². The Morgan fingerprint density at radius 1 is 1.00 bits per heavy atom. The van der Waals surface area contributed by atoms with Crippen LogP contribution in [0.15, 0.2) is 53.3 Å². The van der Waals surface area contributed by atoms with E-state index in [-0.39, 0.29) is 23.4 Å². The van der Waals surface area contributed by atoms with Gasteiger partial charge >= 0.3 is 0 Å². The van der Waals surface area contributed by atoms with E-state index in [1.165, 1.54) is 5.56 Å². The number of fused-ring (bicyclic) bond motifs is 1. The maximum Gasteiger partial charge on any atom is 0.266 e. The van der Waals surface area contributed by atoms with Crippen molar-refractivity contribution in [1.82, 2.24) is 19.4 Å². The first-order valence-electron chi connectivity index (χ1n) is 11.3. The molecule has 1 amide bonds. The molecular weight excluding hydrogens is 400 g/mol. The zero-order valence-corrected chi connectivity index (χ0v) is 20.0. The number of hydrogen-bond donors (Lipinski definition) is 0. The Balaban J connectivity index is 2.21. The van der Waals surface area contributed by atoms with Crippen LogP contribution in [0.5, 0.6) is 0 Å². The lowest BCUT2D eigenvalue weighted by molar-refractivity contribution is -0.137. The molecule has 3 rings (SSSR count). The molecule has 0 bridgehead atoms. The summed E-state index contributed by atoms with van der Waals surface area (Å²) in [5, 5.41) is 0.568. The molecule has 1 aromatic heterocycles. The number of nitrogens with zero attached hydrogens (tertiary/aromatic N) is 4. The molecule has 6 heteroatoms. The van der Waals surface area contributed by atoms with Gasteiger partial charge in [0.25, 0.3) is 5.56 Å². The van der Waals surface area contributed by atoms with E-state index >= 15 is 0 Å². The largest absolute Gasteiger partial charge is 0.331 e. The molecule has 1 heterocycles. The summed E-state index contributed by atoms with van der Waals surface area (Å²) in [6.45, 7) is 9.16. The van der Waals surface area contributed by atoms with Crippen molar-refractivity contribution in [3.05, 3.63) is 70.3 Å². The molecule has 1 atom stereocenters. The Kier molecular flexibility index (Phi) is 7.46. The normalized spacial score (nSPS) is 12.5. The van der Waals surface area contributed by atoms with Gasteiger partial charge in [0.15, 0.2) is 0 Å². The van der Waals surface area contributed by atoms with Gasteiger partial charge in [-0.1, -0.05) is 45.0 Å². The van der Waals surface area contributed by atoms with Crippen LogP contribution in [0.2, 0.25) is 0 Å². The van der Waals surface area contributed by atoms with Crippen LogP contribution in [0.1, 0.15) is 45.1 Å². The summed E-state index contributed by atoms with van der Waals surface area (Å²) in [4.78, 5) is 35.6. The molecule has 0 radical (unpaired) electrons. The predicted molar refractivity (Wildman–Crippen MR) is 130 cm³/mol. The topological polar surface area (TPSA) is 58.4 Å². The van der Waals surface area contributed by atoms with Crippen molar-refractivity contribution in [3.63, 3.8) is 0 Å². The quantitative estimate of drug-likeness (QED) is 0.537. The average Bonchev–Trinajstić information content (AvgIpc) is 2.78. The fraction of sp³-hybridized carbons (Fsp3) is 0.423. The standard InChI is InChI=1S/C26H34N4O2/c1-7-20-12-14-21(15-13-20)30-24(27-23-11-9-8-10-22(23)26(30)32)19(4)29(17-16-28(5)6)25(31)18(2)3/h8-15,18-19H,7,16-17H2,1-6H3. The van der Waals surface area contributed by atoms with E-state index in [4.69, 9.17) is 4.98 Å². The van der Waals surface area contributed by atoms with Crippen molar-refractivity contribution < 1.29 is 4.79 Å². The molecule has 0 fully saturated rings. The monoisotopic (exact) mass is 434 g/mol. The van der Waals surface area contributed by atoms with Crippen molar-refractivity contribution >= 4 is 16.8 Å². The van der Waals surface area contributed by atoms with Crippen LogP contribution >= 0.6 is 0 Å². The van der Waals surface area contributed by atoms with Crippen LogP contribution < -0.4 is 5.56 Å². The van der Waals surface area contributed by atoms with Crippen LogP contribution in [0.3, 0.4) is 0 Å². The summed E-state index contributed by atoms with van der Waals surface area (Å²) in [7, 11) is 3.98. The van der Waals surface area contributed by atoms with E-state index in [0.717, 1.165) is 18.7 Å². The molecule has 0 aliphatic heterocycles. The average molecular weight is 435 g/mol. The first kappa shape index (κ1) is 23.7. The maximum absolute atomic E-state index is 13.6. The van der Waals surface area contributed by atoms with Gasteiger partial charge in [-0.2, -0.15) is 0 Å². The Morgan fingerprint density at radius 2 is 1.66 bits per heavy atom. The van der Waals surface area contributed by atoms with E-state index in [9.17, 15) is 9.59 Å². The molecule has 0 spiro atoms. The Labute approximate surface area is 190 Å². The second-order valence-corrected chi connectivity index (χ2v) is 8.81. The highest BCUT2D eigenvalue weighted by molar-refractivity contribution is 5.79. The molecule has 3 aromatic rings. The third-order valence-electron chi connectivity index (χ3n) is 5.81. The molecule has 0 aliphatic carbocycles. The summed E-state index contributed by atoms with van der Waals surface area (Å²) >= 11 is 0. The third kappa shape index (κ3) is 4.91. The fourth-order valence-electron chi connectivity index (χ4n) is 3.83. The van der Waals surface area contributed by atoms with Gasteiger partial charge in [-0.05, 0) is 57.3 Å². The van der Waals surface area contributed by atoms with Gasteiger partial charge in [-0.3, -0.25) is 14.2 Å². The van der Waals surface area contributed by atoms with E-state index in [1.807, 2.05) is 82.2 Å². The summed E-state index contributed by atoms with van der Waals surface area (Å²) in [6, 6.07) is 15.0. The second kappa shape index (κ2) is 10.1. The van der Waals surface area contributed by atoms with Crippen LogP contribution in [0.25, 0.3) is 16.6 Å². The highest BCUT2D eigenvalue weighted by Crippen LogP contribution is 2.24. The smallest absolute Gasteiger partial charge is 0.266 e. The van der Waals surface area contributed by atoms with Gasteiger partial charge in [-0.15, -0.1) is 0 Å². The number of rotatable bonds is 8. The predicted octanol–water partition coefficient (Wildman–Crippen LogP) is 4.06. The number of aryl methyl sites for hydroxylation is 1. The zero-order chi connectivity index (χ0) is 23.4. The molecule has 0 saturated carbocycles. The Bertz CT molecular complexity index is 1130.